The third-order valence-corrected chi connectivity index (χ3v) is 3.15. The molecule has 0 spiro atoms. The average Bonchev–Trinajstić information content (AvgIpc) is 2.59. The summed E-state index contributed by atoms with van der Waals surface area (Å²) in [6.45, 7) is 4.83. The van der Waals surface area contributed by atoms with Gasteiger partial charge in [-0.15, -0.1) is 12.4 Å². The van der Waals surface area contributed by atoms with Crippen LogP contribution in [0.4, 0.5) is 0 Å². The third kappa shape index (κ3) is 2.12. The van der Waals surface area contributed by atoms with Gasteiger partial charge in [-0.05, 0) is 50.7 Å². The van der Waals surface area contributed by atoms with Gasteiger partial charge in [0.25, 0.3) is 0 Å². The van der Waals surface area contributed by atoms with Crippen LogP contribution in [0.15, 0.2) is 0 Å². The molecule has 0 bridgehead atoms. The highest BCUT2D eigenvalue weighted by Gasteiger charge is 2.42. The standard InChI is InChI=1S/C9H18N2.ClH/c10-7-9(3-4-9)8-11-5-1-2-6-11;/h1-8,10H2;1H. The predicted octanol–water partition coefficient (Wildman–Crippen LogP) is 1.24. The largest absolute Gasteiger partial charge is 0.330 e. The molecule has 0 atom stereocenters. The van der Waals surface area contributed by atoms with Gasteiger partial charge in [0.2, 0.25) is 0 Å². The molecular weight excluding hydrogens is 172 g/mol. The van der Waals surface area contributed by atoms with E-state index in [-0.39, 0.29) is 12.4 Å². The fraction of sp³-hybridized carbons (Fsp3) is 1.00. The molecule has 3 heteroatoms. The topological polar surface area (TPSA) is 29.3 Å². The molecule has 0 aromatic heterocycles. The molecule has 0 aromatic rings. The van der Waals surface area contributed by atoms with Crippen molar-refractivity contribution < 1.29 is 0 Å². The van der Waals surface area contributed by atoms with Crippen LogP contribution in [-0.2, 0) is 0 Å². The second kappa shape index (κ2) is 3.95. The van der Waals surface area contributed by atoms with Gasteiger partial charge in [0.05, 0.1) is 0 Å². The number of nitrogens with zero attached hydrogens (tertiary/aromatic N) is 1. The molecule has 1 aliphatic heterocycles. The van der Waals surface area contributed by atoms with Crippen molar-refractivity contribution in [3.05, 3.63) is 0 Å². The summed E-state index contributed by atoms with van der Waals surface area (Å²) in [6.07, 6.45) is 5.56. The number of likely N-dealkylation sites (tertiary alicyclic amines) is 1. The molecule has 2 aliphatic rings. The molecule has 0 radical (unpaired) electrons. The zero-order valence-corrected chi connectivity index (χ0v) is 8.41. The molecule has 0 unspecified atom stereocenters. The summed E-state index contributed by atoms with van der Waals surface area (Å²) in [5.41, 5.74) is 6.28. The maximum absolute atomic E-state index is 5.72. The lowest BCUT2D eigenvalue weighted by Gasteiger charge is -2.21. The Kier molecular flexibility index (Phi) is 3.38. The van der Waals surface area contributed by atoms with Gasteiger partial charge in [0.15, 0.2) is 0 Å². The van der Waals surface area contributed by atoms with Gasteiger partial charge >= 0.3 is 0 Å². The lowest BCUT2D eigenvalue weighted by Crippen LogP contribution is -2.32. The Morgan fingerprint density at radius 1 is 1.17 bits per heavy atom. The zero-order valence-electron chi connectivity index (χ0n) is 7.59. The zero-order chi connectivity index (χ0) is 7.73. The molecule has 1 aliphatic carbocycles. The minimum absolute atomic E-state index is 0. The number of rotatable bonds is 3. The highest BCUT2D eigenvalue weighted by Crippen LogP contribution is 2.45. The molecule has 1 saturated heterocycles. The number of hydrogen-bond acceptors (Lipinski definition) is 2. The van der Waals surface area contributed by atoms with E-state index in [1.54, 1.807) is 0 Å². The SMILES string of the molecule is Cl.NCC1(CN2CCCC2)CC1. The highest BCUT2D eigenvalue weighted by molar-refractivity contribution is 5.85. The van der Waals surface area contributed by atoms with Crippen LogP contribution in [0.3, 0.4) is 0 Å². The van der Waals surface area contributed by atoms with E-state index in [0.29, 0.717) is 5.41 Å². The van der Waals surface area contributed by atoms with Gasteiger partial charge in [-0.25, -0.2) is 0 Å². The van der Waals surface area contributed by atoms with Gasteiger partial charge < -0.3 is 10.6 Å². The predicted molar refractivity (Wildman–Crippen MR) is 53.6 cm³/mol. The van der Waals surface area contributed by atoms with Crippen LogP contribution >= 0.6 is 12.4 Å². The Morgan fingerprint density at radius 3 is 2.17 bits per heavy atom. The van der Waals surface area contributed by atoms with Gasteiger partial charge in [-0.1, -0.05) is 0 Å². The second-order valence-electron chi connectivity index (χ2n) is 4.19. The minimum Gasteiger partial charge on any atom is -0.330 e. The molecule has 72 valence electrons. The van der Waals surface area contributed by atoms with E-state index in [4.69, 9.17) is 5.73 Å². The van der Waals surface area contributed by atoms with E-state index in [1.165, 1.54) is 45.3 Å². The lowest BCUT2D eigenvalue weighted by atomic mass is 10.1. The van der Waals surface area contributed by atoms with Gasteiger partial charge in [-0.3, -0.25) is 0 Å². The Labute approximate surface area is 80.9 Å². The van der Waals surface area contributed by atoms with Crippen molar-refractivity contribution in [2.45, 2.75) is 25.7 Å². The summed E-state index contributed by atoms with van der Waals surface area (Å²) in [6, 6.07) is 0. The van der Waals surface area contributed by atoms with Crippen LogP contribution in [0.5, 0.6) is 0 Å². The first-order valence-corrected chi connectivity index (χ1v) is 4.77. The maximum atomic E-state index is 5.72. The molecule has 2 rings (SSSR count). The molecule has 2 fully saturated rings. The first-order valence-electron chi connectivity index (χ1n) is 4.77. The van der Waals surface area contributed by atoms with Crippen molar-refractivity contribution in [3.63, 3.8) is 0 Å². The third-order valence-electron chi connectivity index (χ3n) is 3.15. The van der Waals surface area contributed by atoms with Gasteiger partial charge in [0.1, 0.15) is 0 Å². The van der Waals surface area contributed by atoms with Crippen LogP contribution < -0.4 is 5.73 Å². The van der Waals surface area contributed by atoms with Crippen molar-refractivity contribution in [1.29, 1.82) is 0 Å². The van der Waals surface area contributed by atoms with Crippen LogP contribution in [0.1, 0.15) is 25.7 Å². The van der Waals surface area contributed by atoms with E-state index >= 15 is 0 Å². The van der Waals surface area contributed by atoms with Crippen LogP contribution in [0.25, 0.3) is 0 Å². The summed E-state index contributed by atoms with van der Waals surface area (Å²) >= 11 is 0. The quantitative estimate of drug-likeness (QED) is 0.726. The lowest BCUT2D eigenvalue weighted by molar-refractivity contribution is 0.268. The first kappa shape index (κ1) is 10.3. The molecule has 12 heavy (non-hydrogen) atoms. The number of halogens is 1. The van der Waals surface area contributed by atoms with Crippen LogP contribution in [-0.4, -0.2) is 31.1 Å². The molecule has 0 amide bonds. The van der Waals surface area contributed by atoms with Crippen LogP contribution in [0.2, 0.25) is 0 Å². The highest BCUT2D eigenvalue weighted by atomic mass is 35.5. The fourth-order valence-corrected chi connectivity index (χ4v) is 2.02. The summed E-state index contributed by atoms with van der Waals surface area (Å²) in [5, 5.41) is 0. The molecule has 1 saturated carbocycles. The van der Waals surface area contributed by atoms with Crippen molar-refractivity contribution in [2.24, 2.45) is 11.1 Å². The summed E-state index contributed by atoms with van der Waals surface area (Å²) < 4.78 is 0. The fourth-order valence-electron chi connectivity index (χ4n) is 2.02. The van der Waals surface area contributed by atoms with E-state index in [0.717, 1.165) is 6.54 Å². The molecular formula is C9H19ClN2. The minimum atomic E-state index is 0. The average molecular weight is 191 g/mol. The van der Waals surface area contributed by atoms with E-state index in [2.05, 4.69) is 4.90 Å². The van der Waals surface area contributed by atoms with Crippen molar-refractivity contribution >= 4 is 12.4 Å². The Balaban J connectivity index is 0.000000720. The van der Waals surface area contributed by atoms with Crippen molar-refractivity contribution in [3.8, 4) is 0 Å². The maximum Gasteiger partial charge on any atom is 0.00501 e. The Bertz CT molecular complexity index is 139. The Morgan fingerprint density at radius 2 is 1.75 bits per heavy atom. The number of nitrogens with two attached hydrogens (primary N) is 1. The van der Waals surface area contributed by atoms with Gasteiger partial charge in [-0.2, -0.15) is 0 Å². The summed E-state index contributed by atoms with van der Waals surface area (Å²) in [4.78, 5) is 2.58. The summed E-state index contributed by atoms with van der Waals surface area (Å²) in [7, 11) is 0. The van der Waals surface area contributed by atoms with E-state index < -0.39 is 0 Å². The first-order chi connectivity index (χ1) is 5.35. The Hall–Kier alpha value is 0.210. The van der Waals surface area contributed by atoms with Crippen LogP contribution in [0, 0.1) is 5.41 Å². The molecule has 2 N–H and O–H groups in total. The molecule has 0 aromatic carbocycles. The number of hydrogen-bond donors (Lipinski definition) is 1. The molecule has 2 nitrogen and oxygen atoms in total. The second-order valence-corrected chi connectivity index (χ2v) is 4.19. The monoisotopic (exact) mass is 190 g/mol. The van der Waals surface area contributed by atoms with E-state index in [9.17, 15) is 0 Å². The normalized spacial score (nSPS) is 26.8. The van der Waals surface area contributed by atoms with Gasteiger partial charge in [0, 0.05) is 6.54 Å². The van der Waals surface area contributed by atoms with Crippen molar-refractivity contribution in [1.82, 2.24) is 4.90 Å². The summed E-state index contributed by atoms with van der Waals surface area (Å²) in [5.74, 6) is 0. The van der Waals surface area contributed by atoms with E-state index in [1.807, 2.05) is 0 Å². The van der Waals surface area contributed by atoms with Crippen molar-refractivity contribution in [2.75, 3.05) is 26.2 Å². The molecule has 1 heterocycles. The smallest absolute Gasteiger partial charge is 0.00501 e.